The molecule has 2 aromatic rings. The molecule has 0 aliphatic heterocycles. The minimum absolute atomic E-state index is 0.00676. The zero-order chi connectivity index (χ0) is 13.4. The van der Waals surface area contributed by atoms with Crippen LogP contribution in [0, 0.1) is 31.3 Å². The van der Waals surface area contributed by atoms with Gasteiger partial charge in [-0.2, -0.15) is 0 Å². The number of hydrogen-bond donors (Lipinski definition) is 1. The molecule has 0 amide bonds. The van der Waals surface area contributed by atoms with E-state index in [1.54, 1.807) is 6.07 Å². The summed E-state index contributed by atoms with van der Waals surface area (Å²) in [5, 5.41) is 10.1. The monoisotopic (exact) mass is 272 g/mol. The number of benzene rings is 1. The molecule has 1 aromatic carbocycles. The number of thiophene rings is 1. The van der Waals surface area contributed by atoms with Crippen LogP contribution in [0.2, 0.25) is 0 Å². The second-order valence-electron chi connectivity index (χ2n) is 4.07. The summed E-state index contributed by atoms with van der Waals surface area (Å²) < 4.78 is 39.0. The molecule has 0 saturated heterocycles. The molecule has 1 aromatic heterocycles. The van der Waals surface area contributed by atoms with Crippen LogP contribution in [0.4, 0.5) is 13.2 Å². The average molecular weight is 272 g/mol. The molecule has 1 N–H and O–H groups in total. The second-order valence-corrected chi connectivity index (χ2v) is 5.53. The van der Waals surface area contributed by atoms with Crippen LogP contribution in [0.1, 0.15) is 27.0 Å². The van der Waals surface area contributed by atoms with Crippen molar-refractivity contribution in [2.24, 2.45) is 0 Å². The van der Waals surface area contributed by atoms with Gasteiger partial charge in [-0.15, -0.1) is 11.3 Å². The van der Waals surface area contributed by atoms with Gasteiger partial charge in [0, 0.05) is 9.75 Å². The standard InChI is InChI=1S/C13H11F3OS/c1-6-3-9(7(2)18-6)13(17)8-4-10(14)12(16)11(15)5-8/h3-5,13,17H,1-2H3. The first-order valence-corrected chi connectivity index (χ1v) is 6.11. The Labute approximate surface area is 107 Å². The van der Waals surface area contributed by atoms with Crippen LogP contribution in [0.5, 0.6) is 0 Å². The predicted octanol–water partition coefficient (Wildman–Crippen LogP) is 3.86. The van der Waals surface area contributed by atoms with Crippen molar-refractivity contribution >= 4 is 11.3 Å². The van der Waals surface area contributed by atoms with Crippen molar-refractivity contribution in [2.45, 2.75) is 20.0 Å². The quantitative estimate of drug-likeness (QED) is 0.823. The molecule has 1 atom stereocenters. The SMILES string of the molecule is Cc1cc(C(O)c2cc(F)c(F)c(F)c2)c(C)s1. The number of aryl methyl sites for hydroxylation is 2. The van der Waals surface area contributed by atoms with Crippen molar-refractivity contribution in [1.82, 2.24) is 0 Å². The number of aliphatic hydroxyl groups is 1. The maximum Gasteiger partial charge on any atom is 0.194 e. The third-order valence-corrected chi connectivity index (χ3v) is 3.68. The molecule has 0 aliphatic carbocycles. The minimum atomic E-state index is -1.52. The third kappa shape index (κ3) is 2.28. The lowest BCUT2D eigenvalue weighted by Gasteiger charge is -2.11. The highest BCUT2D eigenvalue weighted by Crippen LogP contribution is 2.31. The summed E-state index contributed by atoms with van der Waals surface area (Å²) in [6, 6.07) is 3.38. The third-order valence-electron chi connectivity index (χ3n) is 2.70. The van der Waals surface area contributed by atoms with Crippen molar-refractivity contribution in [3.8, 4) is 0 Å². The van der Waals surface area contributed by atoms with Crippen molar-refractivity contribution in [1.29, 1.82) is 0 Å². The highest BCUT2D eigenvalue weighted by atomic mass is 32.1. The molecular formula is C13H11F3OS. The summed E-state index contributed by atoms with van der Waals surface area (Å²) in [4.78, 5) is 1.86. The first kappa shape index (κ1) is 13.1. The van der Waals surface area contributed by atoms with Crippen LogP contribution in [0.25, 0.3) is 0 Å². The Kier molecular flexibility index (Phi) is 3.45. The maximum atomic E-state index is 13.1. The van der Waals surface area contributed by atoms with Gasteiger partial charge in [0.1, 0.15) is 6.10 Å². The Morgan fingerprint density at radius 3 is 2.06 bits per heavy atom. The Morgan fingerprint density at radius 2 is 1.61 bits per heavy atom. The fraction of sp³-hybridized carbons (Fsp3) is 0.231. The number of hydrogen-bond acceptors (Lipinski definition) is 2. The van der Waals surface area contributed by atoms with Gasteiger partial charge in [0.25, 0.3) is 0 Å². The van der Waals surface area contributed by atoms with Crippen LogP contribution >= 0.6 is 11.3 Å². The van der Waals surface area contributed by atoms with Crippen LogP contribution < -0.4 is 0 Å². The predicted molar refractivity (Wildman–Crippen MR) is 64.2 cm³/mol. The zero-order valence-corrected chi connectivity index (χ0v) is 10.6. The summed E-state index contributed by atoms with van der Waals surface area (Å²) in [7, 11) is 0. The van der Waals surface area contributed by atoms with E-state index in [0.29, 0.717) is 5.56 Å². The molecule has 5 heteroatoms. The van der Waals surface area contributed by atoms with E-state index in [0.717, 1.165) is 21.9 Å². The molecule has 1 heterocycles. The van der Waals surface area contributed by atoms with Crippen molar-refractivity contribution < 1.29 is 18.3 Å². The smallest absolute Gasteiger partial charge is 0.194 e. The van der Waals surface area contributed by atoms with Crippen LogP contribution in [0.15, 0.2) is 18.2 Å². The van der Waals surface area contributed by atoms with Crippen molar-refractivity contribution in [2.75, 3.05) is 0 Å². The summed E-state index contributed by atoms with van der Waals surface area (Å²) in [5.74, 6) is -4.12. The summed E-state index contributed by atoms with van der Waals surface area (Å²) in [5.41, 5.74) is 0.593. The highest BCUT2D eigenvalue weighted by Gasteiger charge is 2.19. The molecule has 1 unspecified atom stereocenters. The summed E-state index contributed by atoms with van der Waals surface area (Å²) in [6.45, 7) is 3.69. The van der Waals surface area contributed by atoms with Gasteiger partial charge in [-0.3, -0.25) is 0 Å². The Morgan fingerprint density at radius 1 is 1.06 bits per heavy atom. The molecule has 0 saturated carbocycles. The molecule has 0 spiro atoms. The van der Waals surface area contributed by atoms with E-state index >= 15 is 0 Å². The van der Waals surface area contributed by atoms with Crippen molar-refractivity contribution in [3.05, 3.63) is 56.5 Å². The van der Waals surface area contributed by atoms with Crippen molar-refractivity contribution in [3.63, 3.8) is 0 Å². The molecule has 96 valence electrons. The van der Waals surface area contributed by atoms with Gasteiger partial charge in [0.15, 0.2) is 17.5 Å². The Balaban J connectivity index is 2.46. The fourth-order valence-corrected chi connectivity index (χ4v) is 2.79. The van der Waals surface area contributed by atoms with Gasteiger partial charge in [-0.05, 0) is 43.2 Å². The minimum Gasteiger partial charge on any atom is -0.384 e. The largest absolute Gasteiger partial charge is 0.384 e. The van der Waals surface area contributed by atoms with Gasteiger partial charge in [0.05, 0.1) is 0 Å². The molecule has 2 rings (SSSR count). The van der Waals surface area contributed by atoms with E-state index in [2.05, 4.69) is 0 Å². The van der Waals surface area contributed by atoms with Gasteiger partial charge >= 0.3 is 0 Å². The number of rotatable bonds is 2. The molecule has 0 fully saturated rings. The fourth-order valence-electron chi connectivity index (χ4n) is 1.83. The van der Waals surface area contributed by atoms with E-state index in [4.69, 9.17) is 0 Å². The molecular weight excluding hydrogens is 261 g/mol. The van der Waals surface area contributed by atoms with E-state index in [1.807, 2.05) is 13.8 Å². The molecule has 1 nitrogen and oxygen atoms in total. The van der Waals surface area contributed by atoms with E-state index in [-0.39, 0.29) is 5.56 Å². The van der Waals surface area contributed by atoms with Crippen LogP contribution in [-0.4, -0.2) is 5.11 Å². The summed E-state index contributed by atoms with van der Waals surface area (Å²) >= 11 is 1.48. The Hall–Kier alpha value is -1.33. The number of halogens is 3. The molecule has 18 heavy (non-hydrogen) atoms. The van der Waals surface area contributed by atoms with E-state index in [9.17, 15) is 18.3 Å². The Bertz CT molecular complexity index is 569. The lowest BCUT2D eigenvalue weighted by atomic mass is 10.0. The first-order chi connectivity index (χ1) is 8.40. The van der Waals surface area contributed by atoms with Gasteiger partial charge < -0.3 is 5.11 Å². The van der Waals surface area contributed by atoms with E-state index < -0.39 is 23.6 Å². The van der Waals surface area contributed by atoms with Crippen LogP contribution in [-0.2, 0) is 0 Å². The lowest BCUT2D eigenvalue weighted by Crippen LogP contribution is -2.03. The first-order valence-electron chi connectivity index (χ1n) is 5.29. The topological polar surface area (TPSA) is 20.2 Å². The number of aliphatic hydroxyl groups excluding tert-OH is 1. The normalized spacial score (nSPS) is 12.8. The van der Waals surface area contributed by atoms with Gasteiger partial charge in [0.2, 0.25) is 0 Å². The average Bonchev–Trinajstić information content (AvgIpc) is 2.63. The molecule has 0 radical (unpaired) electrons. The highest BCUT2D eigenvalue weighted by molar-refractivity contribution is 7.12. The van der Waals surface area contributed by atoms with E-state index in [1.165, 1.54) is 11.3 Å². The molecule has 0 bridgehead atoms. The second kappa shape index (κ2) is 4.74. The lowest BCUT2D eigenvalue weighted by molar-refractivity contribution is 0.218. The zero-order valence-electron chi connectivity index (χ0n) is 9.80. The maximum absolute atomic E-state index is 13.1. The van der Waals surface area contributed by atoms with Crippen LogP contribution in [0.3, 0.4) is 0 Å². The summed E-state index contributed by atoms with van der Waals surface area (Å²) in [6.07, 6.45) is -1.15. The molecule has 0 aliphatic rings. The van der Waals surface area contributed by atoms with Gasteiger partial charge in [-0.1, -0.05) is 0 Å². The van der Waals surface area contributed by atoms with Gasteiger partial charge in [-0.25, -0.2) is 13.2 Å².